The fourth-order valence-corrected chi connectivity index (χ4v) is 2.53. The Labute approximate surface area is 139 Å². The van der Waals surface area contributed by atoms with Crippen LogP contribution in [0.1, 0.15) is 16.7 Å². The zero-order chi connectivity index (χ0) is 15.9. The van der Waals surface area contributed by atoms with Crippen molar-refractivity contribution in [3.05, 3.63) is 69.2 Å². The lowest BCUT2D eigenvalue weighted by molar-refractivity contribution is -0.120. The number of hydrogen-bond donors (Lipinski definition) is 2. The van der Waals surface area contributed by atoms with Crippen molar-refractivity contribution in [3.63, 3.8) is 0 Å². The zero-order valence-corrected chi connectivity index (χ0v) is 13.5. The van der Waals surface area contributed by atoms with Gasteiger partial charge in [0.1, 0.15) is 0 Å². The third-order valence-electron chi connectivity index (χ3n) is 3.31. The minimum Gasteiger partial charge on any atom is -0.392 e. The zero-order valence-electron chi connectivity index (χ0n) is 12.0. The standard InChI is InChI=1S/C17H17Cl2NO2/c18-15-6-5-14(16(19)10-15)9-17(22)20-8-7-12-1-3-13(11-21)4-2-12/h1-6,10,21H,7-9,11H2,(H,20,22). The van der Waals surface area contributed by atoms with Gasteiger partial charge < -0.3 is 10.4 Å². The molecule has 0 aliphatic carbocycles. The van der Waals surface area contributed by atoms with E-state index in [4.69, 9.17) is 28.3 Å². The largest absolute Gasteiger partial charge is 0.392 e. The van der Waals surface area contributed by atoms with Gasteiger partial charge in [0.25, 0.3) is 0 Å². The van der Waals surface area contributed by atoms with Gasteiger partial charge in [0.2, 0.25) is 5.91 Å². The maximum Gasteiger partial charge on any atom is 0.224 e. The lowest BCUT2D eigenvalue weighted by Crippen LogP contribution is -2.27. The van der Waals surface area contributed by atoms with Gasteiger partial charge in [-0.2, -0.15) is 0 Å². The van der Waals surface area contributed by atoms with Crippen molar-refractivity contribution in [3.8, 4) is 0 Å². The Bertz CT molecular complexity index is 642. The van der Waals surface area contributed by atoms with Crippen LogP contribution in [0, 0.1) is 0 Å². The summed E-state index contributed by atoms with van der Waals surface area (Å²) in [6.07, 6.45) is 0.977. The van der Waals surface area contributed by atoms with Crippen LogP contribution in [0.3, 0.4) is 0 Å². The lowest BCUT2D eigenvalue weighted by atomic mass is 10.1. The van der Waals surface area contributed by atoms with Crippen LogP contribution in [0.2, 0.25) is 10.0 Å². The quantitative estimate of drug-likeness (QED) is 0.848. The smallest absolute Gasteiger partial charge is 0.224 e. The summed E-state index contributed by atoms with van der Waals surface area (Å²) >= 11 is 11.9. The van der Waals surface area contributed by atoms with Crippen LogP contribution in [-0.4, -0.2) is 17.6 Å². The Kier molecular flexibility index (Phi) is 6.25. The highest BCUT2D eigenvalue weighted by Crippen LogP contribution is 2.21. The van der Waals surface area contributed by atoms with E-state index in [1.54, 1.807) is 18.2 Å². The van der Waals surface area contributed by atoms with Crippen LogP contribution >= 0.6 is 23.2 Å². The fourth-order valence-electron chi connectivity index (χ4n) is 2.06. The van der Waals surface area contributed by atoms with Crippen LogP contribution in [0.15, 0.2) is 42.5 Å². The van der Waals surface area contributed by atoms with E-state index in [0.717, 1.165) is 23.1 Å². The van der Waals surface area contributed by atoms with E-state index in [1.165, 1.54) is 0 Å². The van der Waals surface area contributed by atoms with Gasteiger partial charge in [-0.05, 0) is 35.2 Å². The molecule has 0 aliphatic rings. The van der Waals surface area contributed by atoms with Crippen molar-refractivity contribution in [1.82, 2.24) is 5.32 Å². The Morgan fingerprint density at radius 2 is 1.73 bits per heavy atom. The molecule has 2 N–H and O–H groups in total. The molecule has 2 rings (SSSR count). The highest BCUT2D eigenvalue weighted by molar-refractivity contribution is 6.35. The number of benzene rings is 2. The molecule has 2 aromatic carbocycles. The molecule has 0 fully saturated rings. The van der Waals surface area contributed by atoms with E-state index in [9.17, 15) is 4.79 Å². The third kappa shape index (κ3) is 5.02. The molecular formula is C17H17Cl2NO2. The maximum atomic E-state index is 11.9. The molecule has 0 heterocycles. The third-order valence-corrected chi connectivity index (χ3v) is 3.89. The average molecular weight is 338 g/mol. The number of halogens is 2. The van der Waals surface area contributed by atoms with Crippen molar-refractivity contribution >= 4 is 29.1 Å². The first kappa shape index (κ1) is 16.8. The molecule has 116 valence electrons. The SMILES string of the molecule is O=C(Cc1ccc(Cl)cc1Cl)NCCc1ccc(CO)cc1. The summed E-state index contributed by atoms with van der Waals surface area (Å²) < 4.78 is 0. The van der Waals surface area contributed by atoms with Crippen LogP contribution < -0.4 is 5.32 Å². The molecule has 2 aromatic rings. The van der Waals surface area contributed by atoms with Crippen LogP contribution in [-0.2, 0) is 24.2 Å². The minimum atomic E-state index is -0.0730. The molecule has 0 radical (unpaired) electrons. The van der Waals surface area contributed by atoms with Gasteiger partial charge in [0.05, 0.1) is 13.0 Å². The van der Waals surface area contributed by atoms with E-state index in [1.807, 2.05) is 24.3 Å². The molecule has 22 heavy (non-hydrogen) atoms. The predicted octanol–water partition coefficient (Wildman–Crippen LogP) is 3.39. The molecule has 0 bridgehead atoms. The number of carbonyl (C=O) groups is 1. The summed E-state index contributed by atoms with van der Waals surface area (Å²) in [5.41, 5.74) is 2.75. The van der Waals surface area contributed by atoms with E-state index in [0.29, 0.717) is 16.6 Å². The van der Waals surface area contributed by atoms with Gasteiger partial charge in [-0.25, -0.2) is 0 Å². The number of amides is 1. The fraction of sp³-hybridized carbons (Fsp3) is 0.235. The van der Waals surface area contributed by atoms with Gasteiger partial charge in [0.15, 0.2) is 0 Å². The Hall–Kier alpha value is -1.55. The van der Waals surface area contributed by atoms with Crippen LogP contribution in [0.25, 0.3) is 0 Å². The molecular weight excluding hydrogens is 321 g/mol. The van der Waals surface area contributed by atoms with Gasteiger partial charge in [-0.15, -0.1) is 0 Å². The molecule has 0 aromatic heterocycles. The summed E-state index contributed by atoms with van der Waals surface area (Å²) in [6, 6.07) is 12.8. The Morgan fingerprint density at radius 3 is 2.36 bits per heavy atom. The summed E-state index contributed by atoms with van der Waals surface area (Å²) in [7, 11) is 0. The molecule has 1 amide bonds. The Morgan fingerprint density at radius 1 is 1.05 bits per heavy atom. The number of carbonyl (C=O) groups excluding carboxylic acids is 1. The second-order valence-corrected chi connectivity index (χ2v) is 5.83. The molecule has 0 saturated carbocycles. The van der Waals surface area contributed by atoms with E-state index in [-0.39, 0.29) is 18.9 Å². The van der Waals surface area contributed by atoms with Crippen LogP contribution in [0.5, 0.6) is 0 Å². The first-order valence-corrected chi connectivity index (χ1v) is 7.73. The predicted molar refractivity (Wildman–Crippen MR) is 89.2 cm³/mol. The molecule has 0 atom stereocenters. The van der Waals surface area contributed by atoms with Gasteiger partial charge in [-0.3, -0.25) is 4.79 Å². The molecule has 5 heteroatoms. The van der Waals surface area contributed by atoms with Crippen molar-refractivity contribution in [2.24, 2.45) is 0 Å². The van der Waals surface area contributed by atoms with E-state index >= 15 is 0 Å². The first-order valence-electron chi connectivity index (χ1n) is 6.98. The van der Waals surface area contributed by atoms with Crippen molar-refractivity contribution in [2.75, 3.05) is 6.54 Å². The molecule has 0 saturated heterocycles. The lowest BCUT2D eigenvalue weighted by Gasteiger charge is -2.07. The summed E-state index contributed by atoms with van der Waals surface area (Å²) in [5.74, 6) is -0.0730. The van der Waals surface area contributed by atoms with Crippen molar-refractivity contribution in [2.45, 2.75) is 19.4 Å². The number of nitrogens with one attached hydrogen (secondary N) is 1. The highest BCUT2D eigenvalue weighted by atomic mass is 35.5. The second-order valence-electron chi connectivity index (χ2n) is 4.99. The second kappa shape index (κ2) is 8.18. The first-order chi connectivity index (χ1) is 10.6. The monoisotopic (exact) mass is 337 g/mol. The molecule has 3 nitrogen and oxygen atoms in total. The molecule has 0 spiro atoms. The van der Waals surface area contributed by atoms with E-state index in [2.05, 4.69) is 5.32 Å². The molecule has 0 unspecified atom stereocenters. The van der Waals surface area contributed by atoms with Crippen molar-refractivity contribution < 1.29 is 9.90 Å². The van der Waals surface area contributed by atoms with Gasteiger partial charge >= 0.3 is 0 Å². The maximum absolute atomic E-state index is 11.9. The topological polar surface area (TPSA) is 49.3 Å². The Balaban J connectivity index is 1.79. The van der Waals surface area contributed by atoms with Gasteiger partial charge in [-0.1, -0.05) is 53.5 Å². The van der Waals surface area contributed by atoms with Gasteiger partial charge in [0, 0.05) is 16.6 Å². The summed E-state index contributed by atoms with van der Waals surface area (Å²) in [6.45, 7) is 0.599. The summed E-state index contributed by atoms with van der Waals surface area (Å²) in [4.78, 5) is 11.9. The van der Waals surface area contributed by atoms with Crippen molar-refractivity contribution in [1.29, 1.82) is 0 Å². The normalized spacial score (nSPS) is 10.5. The number of aliphatic hydroxyl groups is 1. The highest BCUT2D eigenvalue weighted by Gasteiger charge is 2.07. The molecule has 0 aliphatic heterocycles. The number of aliphatic hydroxyl groups excluding tert-OH is 1. The summed E-state index contributed by atoms with van der Waals surface area (Å²) in [5, 5.41) is 12.9. The average Bonchev–Trinajstić information content (AvgIpc) is 2.51. The van der Waals surface area contributed by atoms with Crippen LogP contribution in [0.4, 0.5) is 0 Å². The number of hydrogen-bond acceptors (Lipinski definition) is 2. The minimum absolute atomic E-state index is 0.0405. The number of rotatable bonds is 6. The van der Waals surface area contributed by atoms with E-state index < -0.39 is 0 Å².